The molecule has 5 heteroatoms. The van der Waals surface area contributed by atoms with Crippen molar-refractivity contribution in [2.75, 3.05) is 5.32 Å². The maximum Gasteiger partial charge on any atom is 0.313 e. The predicted octanol–water partition coefficient (Wildman–Crippen LogP) is 2.90. The Morgan fingerprint density at radius 2 is 1.76 bits per heavy atom. The highest BCUT2D eigenvalue weighted by Gasteiger charge is 2.13. The van der Waals surface area contributed by atoms with Crippen LogP contribution >= 0.6 is 11.6 Å². The molecule has 0 fully saturated rings. The summed E-state index contributed by atoms with van der Waals surface area (Å²) in [6.45, 7) is 2.20. The molecule has 0 saturated carbocycles. The Morgan fingerprint density at radius 1 is 1.05 bits per heavy atom. The Labute approximate surface area is 128 Å². The van der Waals surface area contributed by atoms with Crippen LogP contribution in [0.25, 0.3) is 0 Å². The summed E-state index contributed by atoms with van der Waals surface area (Å²) in [5.74, 6) is -1.38. The number of halogens is 1. The highest BCUT2D eigenvalue weighted by Crippen LogP contribution is 2.10. The maximum atomic E-state index is 11.7. The fourth-order valence-electron chi connectivity index (χ4n) is 1.73. The third-order valence-electron chi connectivity index (χ3n) is 2.86. The monoisotopic (exact) mass is 302 g/mol. The minimum atomic E-state index is -0.694. The zero-order chi connectivity index (χ0) is 15.2. The van der Waals surface area contributed by atoms with Crippen molar-refractivity contribution < 1.29 is 9.59 Å². The van der Waals surface area contributed by atoms with Crippen molar-refractivity contribution >= 4 is 29.1 Å². The summed E-state index contributed by atoms with van der Waals surface area (Å²) in [4.78, 5) is 23.5. The molecular formula is C16H15ClN2O2. The molecule has 0 bridgehead atoms. The van der Waals surface area contributed by atoms with Crippen LogP contribution in [0.3, 0.4) is 0 Å². The molecule has 2 rings (SSSR count). The van der Waals surface area contributed by atoms with Crippen molar-refractivity contribution in [3.8, 4) is 0 Å². The third kappa shape index (κ3) is 4.61. The molecule has 0 aliphatic rings. The van der Waals surface area contributed by atoms with Crippen LogP contribution in [-0.2, 0) is 16.1 Å². The number of benzene rings is 2. The van der Waals surface area contributed by atoms with Crippen molar-refractivity contribution in [1.29, 1.82) is 0 Å². The number of amides is 2. The molecule has 0 unspecified atom stereocenters. The average molecular weight is 303 g/mol. The van der Waals surface area contributed by atoms with Gasteiger partial charge in [-0.1, -0.05) is 41.4 Å². The molecule has 0 heterocycles. The lowest BCUT2D eigenvalue weighted by Gasteiger charge is -2.07. The first-order chi connectivity index (χ1) is 10.0. The standard InChI is InChI=1S/C16H15ClN2O2/c1-11-5-7-14(8-6-11)19-16(21)15(20)18-10-12-3-2-4-13(17)9-12/h2-9H,10H2,1H3,(H,18,20)(H,19,21). The number of hydrogen-bond donors (Lipinski definition) is 2. The summed E-state index contributed by atoms with van der Waals surface area (Å²) in [5.41, 5.74) is 2.50. The van der Waals surface area contributed by atoms with Crippen LogP contribution in [0.15, 0.2) is 48.5 Å². The van der Waals surface area contributed by atoms with Crippen LogP contribution < -0.4 is 10.6 Å². The smallest absolute Gasteiger partial charge is 0.313 e. The van der Waals surface area contributed by atoms with Crippen LogP contribution in [0.5, 0.6) is 0 Å². The second-order valence-electron chi connectivity index (χ2n) is 4.63. The van der Waals surface area contributed by atoms with Gasteiger partial charge in [-0.15, -0.1) is 0 Å². The van der Waals surface area contributed by atoms with E-state index in [1.165, 1.54) is 0 Å². The van der Waals surface area contributed by atoms with Gasteiger partial charge in [0.05, 0.1) is 0 Å². The van der Waals surface area contributed by atoms with E-state index in [0.29, 0.717) is 10.7 Å². The normalized spacial score (nSPS) is 10.0. The van der Waals surface area contributed by atoms with Crippen LogP contribution in [0.2, 0.25) is 5.02 Å². The minimum Gasteiger partial charge on any atom is -0.344 e. The lowest BCUT2D eigenvalue weighted by Crippen LogP contribution is -2.34. The van der Waals surface area contributed by atoms with E-state index in [2.05, 4.69) is 10.6 Å². The van der Waals surface area contributed by atoms with Gasteiger partial charge in [0.2, 0.25) is 0 Å². The summed E-state index contributed by atoms with van der Waals surface area (Å²) >= 11 is 5.85. The van der Waals surface area contributed by atoms with E-state index >= 15 is 0 Å². The quantitative estimate of drug-likeness (QED) is 0.857. The molecule has 2 aromatic rings. The van der Waals surface area contributed by atoms with E-state index < -0.39 is 11.8 Å². The lowest BCUT2D eigenvalue weighted by atomic mass is 10.2. The molecule has 0 saturated heterocycles. The molecule has 2 amide bonds. The molecule has 2 N–H and O–H groups in total. The molecule has 21 heavy (non-hydrogen) atoms. The number of aryl methyl sites for hydroxylation is 1. The molecule has 0 aliphatic carbocycles. The van der Waals surface area contributed by atoms with E-state index in [0.717, 1.165) is 11.1 Å². The van der Waals surface area contributed by atoms with Crippen LogP contribution in [0, 0.1) is 6.92 Å². The van der Waals surface area contributed by atoms with E-state index in [1.807, 2.05) is 25.1 Å². The summed E-state index contributed by atoms with van der Waals surface area (Å²) < 4.78 is 0. The Morgan fingerprint density at radius 3 is 2.43 bits per heavy atom. The highest BCUT2D eigenvalue weighted by atomic mass is 35.5. The average Bonchev–Trinajstić information content (AvgIpc) is 2.47. The number of hydrogen-bond acceptors (Lipinski definition) is 2. The van der Waals surface area contributed by atoms with Gasteiger partial charge in [0.25, 0.3) is 0 Å². The van der Waals surface area contributed by atoms with Gasteiger partial charge < -0.3 is 10.6 Å². The molecule has 0 aromatic heterocycles. The van der Waals surface area contributed by atoms with Crippen molar-refractivity contribution in [2.24, 2.45) is 0 Å². The fourth-order valence-corrected chi connectivity index (χ4v) is 1.95. The molecule has 0 atom stereocenters. The van der Waals surface area contributed by atoms with E-state index in [-0.39, 0.29) is 6.54 Å². The van der Waals surface area contributed by atoms with Crippen LogP contribution in [-0.4, -0.2) is 11.8 Å². The fraction of sp³-hybridized carbons (Fsp3) is 0.125. The van der Waals surface area contributed by atoms with Gasteiger partial charge in [-0.25, -0.2) is 0 Å². The minimum absolute atomic E-state index is 0.251. The number of carbonyl (C=O) groups is 2. The molecule has 4 nitrogen and oxygen atoms in total. The lowest BCUT2D eigenvalue weighted by molar-refractivity contribution is -0.136. The number of nitrogens with one attached hydrogen (secondary N) is 2. The SMILES string of the molecule is Cc1ccc(NC(=O)C(=O)NCc2cccc(Cl)c2)cc1. The molecule has 0 radical (unpaired) electrons. The Balaban J connectivity index is 1.88. The topological polar surface area (TPSA) is 58.2 Å². The largest absolute Gasteiger partial charge is 0.344 e. The third-order valence-corrected chi connectivity index (χ3v) is 3.09. The van der Waals surface area contributed by atoms with Crippen molar-refractivity contribution in [3.63, 3.8) is 0 Å². The molecule has 0 aliphatic heterocycles. The predicted molar refractivity (Wildman–Crippen MR) is 83.1 cm³/mol. The highest BCUT2D eigenvalue weighted by molar-refractivity contribution is 6.39. The van der Waals surface area contributed by atoms with Crippen LogP contribution in [0.1, 0.15) is 11.1 Å². The Bertz CT molecular complexity index is 654. The number of carbonyl (C=O) groups excluding carboxylic acids is 2. The van der Waals surface area contributed by atoms with Gasteiger partial charge in [0, 0.05) is 17.3 Å². The Hall–Kier alpha value is -2.33. The molecule has 0 spiro atoms. The van der Waals surface area contributed by atoms with Gasteiger partial charge in [0.15, 0.2) is 0 Å². The summed E-state index contributed by atoms with van der Waals surface area (Å²) in [6.07, 6.45) is 0. The van der Waals surface area contributed by atoms with E-state index in [4.69, 9.17) is 11.6 Å². The van der Waals surface area contributed by atoms with E-state index in [1.54, 1.807) is 30.3 Å². The summed E-state index contributed by atoms with van der Waals surface area (Å²) in [6, 6.07) is 14.3. The van der Waals surface area contributed by atoms with Crippen molar-refractivity contribution in [1.82, 2.24) is 5.32 Å². The number of rotatable bonds is 3. The summed E-state index contributed by atoms with van der Waals surface area (Å²) in [5, 5.41) is 5.68. The maximum absolute atomic E-state index is 11.7. The zero-order valence-electron chi connectivity index (χ0n) is 11.5. The van der Waals surface area contributed by atoms with Gasteiger partial charge in [-0.3, -0.25) is 9.59 Å². The first-order valence-electron chi connectivity index (χ1n) is 6.45. The first kappa shape index (κ1) is 15.1. The second kappa shape index (κ2) is 6.90. The molecule has 2 aromatic carbocycles. The van der Waals surface area contributed by atoms with Gasteiger partial charge in [-0.05, 0) is 36.8 Å². The first-order valence-corrected chi connectivity index (χ1v) is 6.83. The summed E-state index contributed by atoms with van der Waals surface area (Å²) in [7, 11) is 0. The van der Waals surface area contributed by atoms with Gasteiger partial charge >= 0.3 is 11.8 Å². The van der Waals surface area contributed by atoms with Gasteiger partial charge in [-0.2, -0.15) is 0 Å². The molecular weight excluding hydrogens is 288 g/mol. The zero-order valence-corrected chi connectivity index (χ0v) is 12.3. The van der Waals surface area contributed by atoms with Crippen molar-refractivity contribution in [2.45, 2.75) is 13.5 Å². The van der Waals surface area contributed by atoms with Crippen molar-refractivity contribution in [3.05, 3.63) is 64.7 Å². The van der Waals surface area contributed by atoms with Crippen LogP contribution in [0.4, 0.5) is 5.69 Å². The second-order valence-corrected chi connectivity index (χ2v) is 5.07. The number of anilines is 1. The van der Waals surface area contributed by atoms with Gasteiger partial charge in [0.1, 0.15) is 0 Å². The molecule has 108 valence electrons. The Kier molecular flexibility index (Phi) is 4.95. The van der Waals surface area contributed by atoms with E-state index in [9.17, 15) is 9.59 Å².